The lowest BCUT2D eigenvalue weighted by atomic mass is 9.93. The van der Waals surface area contributed by atoms with E-state index in [4.69, 9.17) is 0 Å². The third-order valence-electron chi connectivity index (χ3n) is 3.49. The second kappa shape index (κ2) is 6.66. The van der Waals surface area contributed by atoms with Crippen molar-refractivity contribution in [2.75, 3.05) is 0 Å². The normalized spacial score (nSPS) is 14.3. The number of amides is 2. The average Bonchev–Trinajstić information content (AvgIpc) is 3.05. The summed E-state index contributed by atoms with van der Waals surface area (Å²) in [4.78, 5) is 16.8. The highest BCUT2D eigenvalue weighted by molar-refractivity contribution is 7.09. The predicted molar refractivity (Wildman–Crippen MR) is 90.3 cm³/mol. The Kier molecular flexibility index (Phi) is 5.03. The molecule has 0 fully saturated rings. The van der Waals surface area contributed by atoms with Crippen molar-refractivity contribution in [1.82, 2.24) is 30.4 Å². The maximum Gasteiger partial charge on any atom is 0.315 e. The third kappa shape index (κ3) is 4.28. The fourth-order valence-corrected chi connectivity index (χ4v) is 3.13. The molecule has 2 aromatic heterocycles. The van der Waals surface area contributed by atoms with Gasteiger partial charge in [0.15, 0.2) is 5.82 Å². The Balaban J connectivity index is 1.95. The fourth-order valence-electron chi connectivity index (χ4n) is 2.08. The molecule has 7 nitrogen and oxygen atoms in total. The van der Waals surface area contributed by atoms with Gasteiger partial charge in [0.05, 0.1) is 17.8 Å². The summed E-state index contributed by atoms with van der Waals surface area (Å²) in [5.41, 5.74) is 1.05. The quantitative estimate of drug-likeness (QED) is 0.899. The fraction of sp³-hybridized carbons (Fsp3) is 0.600. The van der Waals surface area contributed by atoms with E-state index < -0.39 is 0 Å². The maximum atomic E-state index is 12.1. The van der Waals surface area contributed by atoms with Crippen LogP contribution in [-0.4, -0.2) is 25.8 Å². The molecule has 2 aromatic rings. The van der Waals surface area contributed by atoms with Crippen molar-refractivity contribution in [3.63, 3.8) is 0 Å². The summed E-state index contributed by atoms with van der Waals surface area (Å²) >= 11 is 1.57. The minimum atomic E-state index is -0.250. The summed E-state index contributed by atoms with van der Waals surface area (Å²) < 4.78 is 1.78. The molecular weight excluding hydrogens is 312 g/mol. The van der Waals surface area contributed by atoms with Gasteiger partial charge in [0, 0.05) is 17.8 Å². The summed E-state index contributed by atoms with van der Waals surface area (Å²) in [7, 11) is 1.84. The lowest BCUT2D eigenvalue weighted by Gasteiger charge is -2.17. The lowest BCUT2D eigenvalue weighted by Crippen LogP contribution is -2.39. The van der Waals surface area contributed by atoms with Crippen LogP contribution >= 0.6 is 11.3 Å². The highest BCUT2D eigenvalue weighted by atomic mass is 32.1. The van der Waals surface area contributed by atoms with Crippen molar-refractivity contribution < 1.29 is 4.79 Å². The van der Waals surface area contributed by atoms with Crippen LogP contribution in [0.2, 0.25) is 0 Å². The molecule has 2 N–H and O–H groups in total. The van der Waals surface area contributed by atoms with E-state index in [1.165, 1.54) is 0 Å². The van der Waals surface area contributed by atoms with Crippen LogP contribution in [0.1, 0.15) is 63.2 Å². The van der Waals surface area contributed by atoms with Crippen molar-refractivity contribution >= 4 is 17.4 Å². The minimum absolute atomic E-state index is 0.0104. The Hall–Kier alpha value is -1.96. The maximum absolute atomic E-state index is 12.1. The Morgan fingerprint density at radius 1 is 1.26 bits per heavy atom. The molecule has 0 aromatic carbocycles. The van der Waals surface area contributed by atoms with Gasteiger partial charge in [-0.2, -0.15) is 0 Å². The number of thiazole rings is 1. The largest absolute Gasteiger partial charge is 0.329 e. The zero-order valence-corrected chi connectivity index (χ0v) is 15.2. The smallest absolute Gasteiger partial charge is 0.315 e. The molecule has 0 aliphatic rings. The lowest BCUT2D eigenvalue weighted by molar-refractivity contribution is 0.234. The van der Waals surface area contributed by atoms with E-state index in [9.17, 15) is 4.79 Å². The van der Waals surface area contributed by atoms with Crippen molar-refractivity contribution in [1.29, 1.82) is 0 Å². The van der Waals surface area contributed by atoms with Crippen LogP contribution in [0.15, 0.2) is 11.7 Å². The molecule has 23 heavy (non-hydrogen) atoms. The second-order valence-corrected chi connectivity index (χ2v) is 7.57. The summed E-state index contributed by atoms with van der Waals surface area (Å²) in [6.07, 6.45) is 1.61. The topological polar surface area (TPSA) is 84.7 Å². The van der Waals surface area contributed by atoms with Gasteiger partial charge in [-0.1, -0.05) is 20.8 Å². The number of nitrogens with zero attached hydrogens (tertiary/aromatic N) is 4. The van der Waals surface area contributed by atoms with Gasteiger partial charge in [-0.15, -0.1) is 21.5 Å². The Labute approximate surface area is 140 Å². The van der Waals surface area contributed by atoms with E-state index >= 15 is 0 Å². The van der Waals surface area contributed by atoms with Gasteiger partial charge in [0.25, 0.3) is 0 Å². The van der Waals surface area contributed by atoms with Gasteiger partial charge < -0.3 is 15.2 Å². The van der Waals surface area contributed by atoms with E-state index in [1.807, 2.05) is 26.3 Å². The molecule has 8 heteroatoms. The Bertz CT molecular complexity index is 672. The van der Waals surface area contributed by atoms with Crippen LogP contribution in [0, 0.1) is 0 Å². The highest BCUT2D eigenvalue weighted by Gasteiger charge is 2.21. The molecule has 0 aliphatic carbocycles. The van der Waals surface area contributed by atoms with Gasteiger partial charge in [-0.3, -0.25) is 0 Å². The molecule has 0 aliphatic heterocycles. The van der Waals surface area contributed by atoms with Crippen LogP contribution in [0.5, 0.6) is 0 Å². The van der Waals surface area contributed by atoms with E-state index in [0.29, 0.717) is 5.82 Å². The van der Waals surface area contributed by atoms with E-state index in [-0.39, 0.29) is 23.5 Å². The number of rotatable bonds is 4. The number of nitrogens with one attached hydrogen (secondary N) is 2. The predicted octanol–water partition coefficient (Wildman–Crippen LogP) is 2.69. The zero-order chi connectivity index (χ0) is 17.2. The standard InChI is InChI=1S/C15H24N6OS/c1-9(12-20-16-8-21(12)6)17-14(22)18-10(2)13-19-11(7-23-13)15(3,4)5/h7-10H,1-6H3,(H2,17,18,22)/t9-,10-/m0/s1. The van der Waals surface area contributed by atoms with Gasteiger partial charge >= 0.3 is 6.03 Å². The van der Waals surface area contributed by atoms with Crippen LogP contribution in [0.25, 0.3) is 0 Å². The van der Waals surface area contributed by atoms with Gasteiger partial charge in [0.1, 0.15) is 11.3 Å². The molecule has 2 atom stereocenters. The Morgan fingerprint density at radius 3 is 2.43 bits per heavy atom. The SMILES string of the molecule is C[C@H](NC(=O)N[C@@H](C)c1nncn1C)c1nc(C(C)(C)C)cs1. The van der Waals surface area contributed by atoms with Gasteiger partial charge in [-0.05, 0) is 13.8 Å². The average molecular weight is 336 g/mol. The number of aryl methyl sites for hydroxylation is 1. The molecule has 2 amide bonds. The van der Waals surface area contributed by atoms with Crippen molar-refractivity contribution in [3.8, 4) is 0 Å². The van der Waals surface area contributed by atoms with Crippen LogP contribution < -0.4 is 10.6 Å². The Morgan fingerprint density at radius 2 is 1.91 bits per heavy atom. The van der Waals surface area contributed by atoms with Crippen molar-refractivity contribution in [2.24, 2.45) is 7.05 Å². The molecule has 0 bridgehead atoms. The van der Waals surface area contributed by atoms with Crippen LogP contribution in [0.4, 0.5) is 4.79 Å². The number of hydrogen-bond acceptors (Lipinski definition) is 5. The number of carbonyl (C=O) groups excluding carboxylic acids is 1. The zero-order valence-electron chi connectivity index (χ0n) is 14.4. The molecular formula is C15H24N6OS. The first-order valence-corrected chi connectivity index (χ1v) is 8.43. The number of aromatic nitrogens is 4. The minimum Gasteiger partial charge on any atom is -0.329 e. The summed E-state index contributed by atoms with van der Waals surface area (Å²) in [6, 6.07) is -0.626. The number of carbonyl (C=O) groups is 1. The highest BCUT2D eigenvalue weighted by Crippen LogP contribution is 2.26. The van der Waals surface area contributed by atoms with Crippen molar-refractivity contribution in [3.05, 3.63) is 28.2 Å². The summed E-state index contributed by atoms with van der Waals surface area (Å²) in [5, 5.41) is 16.5. The molecule has 0 saturated heterocycles. The van der Waals surface area contributed by atoms with Crippen LogP contribution in [0.3, 0.4) is 0 Å². The monoisotopic (exact) mass is 336 g/mol. The van der Waals surface area contributed by atoms with E-state index in [1.54, 1.807) is 22.2 Å². The first-order valence-electron chi connectivity index (χ1n) is 7.55. The van der Waals surface area contributed by atoms with Gasteiger partial charge in [0.2, 0.25) is 0 Å². The molecule has 2 heterocycles. The first-order chi connectivity index (χ1) is 10.7. The van der Waals surface area contributed by atoms with Crippen LogP contribution in [-0.2, 0) is 12.5 Å². The van der Waals surface area contributed by atoms with E-state index in [2.05, 4.69) is 46.6 Å². The summed E-state index contributed by atoms with van der Waals surface area (Å²) in [6.45, 7) is 10.2. The number of urea groups is 1. The molecule has 0 saturated carbocycles. The first kappa shape index (κ1) is 17.4. The van der Waals surface area contributed by atoms with E-state index in [0.717, 1.165) is 10.7 Å². The number of hydrogen-bond donors (Lipinski definition) is 2. The van der Waals surface area contributed by atoms with Gasteiger partial charge in [-0.25, -0.2) is 9.78 Å². The molecule has 2 rings (SSSR count). The summed E-state index contributed by atoms with van der Waals surface area (Å²) in [5.74, 6) is 0.706. The second-order valence-electron chi connectivity index (χ2n) is 6.68. The molecule has 0 unspecified atom stereocenters. The molecule has 0 spiro atoms. The van der Waals surface area contributed by atoms with Crippen molar-refractivity contribution in [2.45, 2.75) is 52.1 Å². The molecule has 126 valence electrons. The third-order valence-corrected chi connectivity index (χ3v) is 4.52. The molecule has 0 radical (unpaired) electrons.